The molecule has 2 aromatic rings. The van der Waals surface area contributed by atoms with Crippen molar-refractivity contribution in [2.75, 3.05) is 5.32 Å². The van der Waals surface area contributed by atoms with E-state index >= 15 is 0 Å². The molecule has 104 valence electrons. The number of nitrogens with one attached hydrogen (secondary N) is 1. The van der Waals surface area contributed by atoms with Crippen molar-refractivity contribution in [1.29, 1.82) is 0 Å². The Morgan fingerprint density at radius 2 is 2.05 bits per heavy atom. The molecule has 0 bridgehead atoms. The first kappa shape index (κ1) is 14.6. The van der Waals surface area contributed by atoms with Crippen molar-refractivity contribution >= 4 is 34.2 Å². The van der Waals surface area contributed by atoms with Gasteiger partial charge in [-0.25, -0.2) is 9.37 Å². The summed E-state index contributed by atoms with van der Waals surface area (Å²) in [5.74, 6) is -0.285. The Morgan fingerprint density at radius 3 is 2.70 bits per heavy atom. The summed E-state index contributed by atoms with van der Waals surface area (Å²) in [6, 6.07) is 5.41. The van der Waals surface area contributed by atoms with E-state index < -0.39 is 0 Å². The minimum Gasteiger partial charge on any atom is -0.325 e. The highest BCUT2D eigenvalue weighted by molar-refractivity contribution is 14.1. The zero-order valence-electron chi connectivity index (χ0n) is 10.6. The molecule has 20 heavy (non-hydrogen) atoms. The van der Waals surface area contributed by atoms with Crippen LogP contribution in [0.5, 0.6) is 0 Å². The van der Waals surface area contributed by atoms with Crippen LogP contribution in [0.2, 0.25) is 0 Å². The number of halogens is 2. The van der Waals surface area contributed by atoms with E-state index in [0.717, 1.165) is 0 Å². The standard InChI is InChI=1S/C13H11FIN3O2/c1-8-16-6-11(15)13(20)18(8)7-12(19)17-10-4-2-9(14)3-5-10/h2-6H,7H2,1H3,(H,17,19). The van der Waals surface area contributed by atoms with Crippen LogP contribution in [0.1, 0.15) is 5.82 Å². The fourth-order valence-electron chi connectivity index (χ4n) is 1.61. The Kier molecular flexibility index (Phi) is 4.48. The number of nitrogens with zero attached hydrogens (tertiary/aromatic N) is 2. The predicted octanol–water partition coefficient (Wildman–Crippen LogP) is 1.93. The van der Waals surface area contributed by atoms with Crippen molar-refractivity contribution < 1.29 is 9.18 Å². The summed E-state index contributed by atoms with van der Waals surface area (Å²) < 4.78 is 14.5. The lowest BCUT2D eigenvalue weighted by Gasteiger charge is -2.10. The molecule has 0 radical (unpaired) electrons. The van der Waals surface area contributed by atoms with E-state index in [1.165, 1.54) is 35.0 Å². The van der Waals surface area contributed by atoms with Crippen LogP contribution in [-0.2, 0) is 11.3 Å². The van der Waals surface area contributed by atoms with Gasteiger partial charge in [-0.3, -0.25) is 14.2 Å². The number of carbonyl (C=O) groups is 1. The molecular formula is C13H11FIN3O2. The Hall–Kier alpha value is -1.77. The summed E-state index contributed by atoms with van der Waals surface area (Å²) in [4.78, 5) is 27.8. The van der Waals surface area contributed by atoms with Crippen LogP contribution in [0, 0.1) is 16.3 Å². The first-order valence-corrected chi connectivity index (χ1v) is 6.82. The Morgan fingerprint density at radius 1 is 1.40 bits per heavy atom. The van der Waals surface area contributed by atoms with Gasteiger partial charge < -0.3 is 5.32 Å². The van der Waals surface area contributed by atoms with Gasteiger partial charge in [-0.1, -0.05) is 0 Å². The number of anilines is 1. The van der Waals surface area contributed by atoms with Crippen molar-refractivity contribution in [3.05, 3.63) is 56.0 Å². The maximum absolute atomic E-state index is 12.8. The molecule has 1 aromatic carbocycles. The third-order valence-electron chi connectivity index (χ3n) is 2.63. The SMILES string of the molecule is Cc1ncc(I)c(=O)n1CC(=O)Nc1ccc(F)cc1. The number of hydrogen-bond acceptors (Lipinski definition) is 3. The van der Waals surface area contributed by atoms with Crippen LogP contribution in [0.4, 0.5) is 10.1 Å². The van der Waals surface area contributed by atoms with Gasteiger partial charge in [0.2, 0.25) is 5.91 Å². The lowest BCUT2D eigenvalue weighted by molar-refractivity contribution is -0.116. The van der Waals surface area contributed by atoms with E-state index in [1.54, 1.807) is 6.92 Å². The highest BCUT2D eigenvalue weighted by atomic mass is 127. The number of hydrogen-bond donors (Lipinski definition) is 1. The quantitative estimate of drug-likeness (QED) is 0.819. The maximum Gasteiger partial charge on any atom is 0.267 e. The molecule has 0 unspecified atom stereocenters. The zero-order chi connectivity index (χ0) is 14.7. The monoisotopic (exact) mass is 387 g/mol. The molecule has 0 aliphatic rings. The Balaban J connectivity index is 2.15. The molecular weight excluding hydrogens is 376 g/mol. The molecule has 0 aliphatic carbocycles. The molecule has 0 atom stereocenters. The molecule has 0 saturated carbocycles. The van der Waals surface area contributed by atoms with Gasteiger partial charge in [0, 0.05) is 11.9 Å². The average Bonchev–Trinajstić information content (AvgIpc) is 2.42. The summed E-state index contributed by atoms with van der Waals surface area (Å²) in [6.07, 6.45) is 1.46. The minimum atomic E-state index is -0.378. The van der Waals surface area contributed by atoms with Crippen LogP contribution in [-0.4, -0.2) is 15.5 Å². The second-order valence-corrected chi connectivity index (χ2v) is 5.26. The number of amides is 1. The number of aromatic nitrogens is 2. The van der Waals surface area contributed by atoms with Crippen LogP contribution in [0.15, 0.2) is 35.3 Å². The third-order valence-corrected chi connectivity index (χ3v) is 3.37. The largest absolute Gasteiger partial charge is 0.325 e. The predicted molar refractivity (Wildman–Crippen MR) is 81.0 cm³/mol. The molecule has 7 heteroatoms. The van der Waals surface area contributed by atoms with Crippen LogP contribution in [0.25, 0.3) is 0 Å². The molecule has 0 fully saturated rings. The van der Waals surface area contributed by atoms with Gasteiger partial charge in [0.1, 0.15) is 18.2 Å². The molecule has 0 saturated heterocycles. The van der Waals surface area contributed by atoms with Gasteiger partial charge in [-0.2, -0.15) is 0 Å². The average molecular weight is 387 g/mol. The first-order valence-electron chi connectivity index (χ1n) is 5.75. The normalized spacial score (nSPS) is 10.3. The summed E-state index contributed by atoms with van der Waals surface area (Å²) in [7, 11) is 0. The fraction of sp³-hybridized carbons (Fsp3) is 0.154. The lowest BCUT2D eigenvalue weighted by Crippen LogP contribution is -2.31. The van der Waals surface area contributed by atoms with Gasteiger partial charge in [0.25, 0.3) is 5.56 Å². The molecule has 1 amide bonds. The van der Waals surface area contributed by atoms with E-state index in [4.69, 9.17) is 0 Å². The summed E-state index contributed by atoms with van der Waals surface area (Å²) in [6.45, 7) is 1.52. The van der Waals surface area contributed by atoms with Gasteiger partial charge in [-0.05, 0) is 53.8 Å². The smallest absolute Gasteiger partial charge is 0.267 e. The van der Waals surface area contributed by atoms with Crippen molar-refractivity contribution in [2.24, 2.45) is 0 Å². The molecule has 1 aromatic heterocycles. The maximum atomic E-state index is 12.8. The summed E-state index contributed by atoms with van der Waals surface area (Å²) >= 11 is 1.87. The van der Waals surface area contributed by atoms with Crippen LogP contribution < -0.4 is 10.9 Å². The second-order valence-electron chi connectivity index (χ2n) is 4.10. The fourth-order valence-corrected chi connectivity index (χ4v) is 2.04. The lowest BCUT2D eigenvalue weighted by atomic mass is 10.3. The molecule has 5 nitrogen and oxygen atoms in total. The van der Waals surface area contributed by atoms with Crippen molar-refractivity contribution in [3.8, 4) is 0 Å². The van der Waals surface area contributed by atoms with Gasteiger partial charge in [0.15, 0.2) is 0 Å². The second kappa shape index (κ2) is 6.12. The topological polar surface area (TPSA) is 64.0 Å². The third kappa shape index (κ3) is 3.41. The molecule has 0 aliphatic heterocycles. The van der Waals surface area contributed by atoms with E-state index in [2.05, 4.69) is 10.3 Å². The first-order chi connectivity index (χ1) is 9.47. The Labute approximate surface area is 128 Å². The zero-order valence-corrected chi connectivity index (χ0v) is 12.7. The highest BCUT2D eigenvalue weighted by Gasteiger charge is 2.10. The van der Waals surface area contributed by atoms with Gasteiger partial charge >= 0.3 is 0 Å². The van der Waals surface area contributed by atoms with Crippen molar-refractivity contribution in [3.63, 3.8) is 0 Å². The van der Waals surface area contributed by atoms with Crippen LogP contribution >= 0.6 is 22.6 Å². The van der Waals surface area contributed by atoms with Gasteiger partial charge in [0.05, 0.1) is 3.57 Å². The number of rotatable bonds is 3. The molecule has 1 heterocycles. The summed E-state index contributed by atoms with van der Waals surface area (Å²) in [5, 5.41) is 2.60. The number of aryl methyl sites for hydroxylation is 1. The van der Waals surface area contributed by atoms with E-state index in [-0.39, 0.29) is 23.8 Å². The molecule has 0 spiro atoms. The molecule has 2 rings (SSSR count). The van der Waals surface area contributed by atoms with E-state index in [9.17, 15) is 14.0 Å². The van der Waals surface area contributed by atoms with E-state index in [0.29, 0.717) is 15.1 Å². The number of carbonyl (C=O) groups excluding carboxylic acids is 1. The van der Waals surface area contributed by atoms with Gasteiger partial charge in [-0.15, -0.1) is 0 Å². The minimum absolute atomic E-state index is 0.133. The Bertz CT molecular complexity index is 698. The van der Waals surface area contributed by atoms with Crippen molar-refractivity contribution in [1.82, 2.24) is 9.55 Å². The van der Waals surface area contributed by atoms with Crippen molar-refractivity contribution in [2.45, 2.75) is 13.5 Å². The van der Waals surface area contributed by atoms with Crippen LogP contribution in [0.3, 0.4) is 0 Å². The summed E-state index contributed by atoms with van der Waals surface area (Å²) in [5.41, 5.74) is 0.216. The highest BCUT2D eigenvalue weighted by Crippen LogP contribution is 2.08. The number of benzene rings is 1. The van der Waals surface area contributed by atoms with E-state index in [1.807, 2.05) is 22.6 Å². The molecule has 1 N–H and O–H groups in total.